The second-order valence-corrected chi connectivity index (χ2v) is 7.42. The van der Waals surface area contributed by atoms with E-state index in [9.17, 15) is 4.79 Å². The van der Waals surface area contributed by atoms with Gasteiger partial charge in [-0.3, -0.25) is 4.79 Å². The van der Waals surface area contributed by atoms with Gasteiger partial charge in [-0.25, -0.2) is 4.98 Å². The van der Waals surface area contributed by atoms with Crippen molar-refractivity contribution in [3.63, 3.8) is 0 Å². The van der Waals surface area contributed by atoms with Crippen molar-refractivity contribution in [2.45, 2.75) is 25.4 Å². The first-order valence-corrected chi connectivity index (χ1v) is 9.73. The standard InChI is InChI=1S/C20H17ClN2O2S/c21-17-11-15(25-14-7-4-8-14)9-10-16(17)19(24)23-20-18(22-12-26-20)13-5-2-1-3-6-13/h1-3,5-6,9-12,14H,4,7-8H2,(H,23,24). The van der Waals surface area contributed by atoms with Crippen molar-refractivity contribution in [2.75, 3.05) is 5.32 Å². The van der Waals surface area contributed by atoms with Crippen LogP contribution in [-0.4, -0.2) is 17.0 Å². The van der Waals surface area contributed by atoms with Crippen molar-refractivity contribution in [3.8, 4) is 17.0 Å². The third-order valence-electron chi connectivity index (χ3n) is 4.38. The Hall–Kier alpha value is -2.37. The van der Waals surface area contributed by atoms with Gasteiger partial charge in [0, 0.05) is 5.56 Å². The summed E-state index contributed by atoms with van der Waals surface area (Å²) in [5.41, 5.74) is 3.85. The molecule has 26 heavy (non-hydrogen) atoms. The van der Waals surface area contributed by atoms with Crippen LogP contribution in [0.4, 0.5) is 5.00 Å². The number of carbonyl (C=O) groups excluding carboxylic acids is 1. The Kier molecular flexibility index (Phi) is 4.91. The molecule has 1 aromatic heterocycles. The molecule has 0 bridgehead atoms. The molecule has 1 aliphatic carbocycles. The summed E-state index contributed by atoms with van der Waals surface area (Å²) in [6, 6.07) is 15.0. The highest BCUT2D eigenvalue weighted by molar-refractivity contribution is 7.14. The number of rotatable bonds is 5. The second-order valence-electron chi connectivity index (χ2n) is 6.16. The van der Waals surface area contributed by atoms with Crippen LogP contribution in [0, 0.1) is 0 Å². The molecule has 1 fully saturated rings. The summed E-state index contributed by atoms with van der Waals surface area (Å²) >= 11 is 7.70. The van der Waals surface area contributed by atoms with Crippen molar-refractivity contribution in [2.24, 2.45) is 0 Å². The fraction of sp³-hybridized carbons (Fsp3) is 0.200. The number of thiazole rings is 1. The van der Waals surface area contributed by atoms with Crippen molar-refractivity contribution in [3.05, 3.63) is 64.6 Å². The summed E-state index contributed by atoms with van der Waals surface area (Å²) in [6.45, 7) is 0. The van der Waals surface area contributed by atoms with Gasteiger partial charge in [-0.1, -0.05) is 41.9 Å². The van der Waals surface area contributed by atoms with Gasteiger partial charge in [0.25, 0.3) is 5.91 Å². The minimum absolute atomic E-state index is 0.258. The maximum Gasteiger partial charge on any atom is 0.257 e. The minimum atomic E-state index is -0.258. The topological polar surface area (TPSA) is 51.2 Å². The lowest BCUT2D eigenvalue weighted by atomic mass is 9.96. The molecule has 0 aliphatic heterocycles. The molecular formula is C20H17ClN2O2S. The van der Waals surface area contributed by atoms with E-state index in [-0.39, 0.29) is 12.0 Å². The molecule has 1 heterocycles. The van der Waals surface area contributed by atoms with Crippen LogP contribution >= 0.6 is 22.9 Å². The van der Waals surface area contributed by atoms with Crippen LogP contribution in [0.5, 0.6) is 5.75 Å². The van der Waals surface area contributed by atoms with E-state index >= 15 is 0 Å². The second kappa shape index (κ2) is 7.48. The smallest absolute Gasteiger partial charge is 0.257 e. The molecule has 1 N–H and O–H groups in total. The maximum absolute atomic E-state index is 12.7. The van der Waals surface area contributed by atoms with Gasteiger partial charge < -0.3 is 10.1 Å². The lowest BCUT2D eigenvalue weighted by molar-refractivity contribution is 0.102. The van der Waals surface area contributed by atoms with Gasteiger partial charge in [0.1, 0.15) is 16.4 Å². The van der Waals surface area contributed by atoms with Crippen molar-refractivity contribution in [1.29, 1.82) is 0 Å². The SMILES string of the molecule is O=C(Nc1scnc1-c1ccccc1)c1ccc(OC2CCC2)cc1Cl. The van der Waals surface area contributed by atoms with Crippen LogP contribution in [0.1, 0.15) is 29.6 Å². The fourth-order valence-corrected chi connectivity index (χ4v) is 3.70. The molecule has 0 atom stereocenters. The van der Waals surface area contributed by atoms with Crippen LogP contribution in [-0.2, 0) is 0 Å². The van der Waals surface area contributed by atoms with E-state index in [4.69, 9.17) is 16.3 Å². The van der Waals surface area contributed by atoms with Gasteiger partial charge in [0.2, 0.25) is 0 Å². The third kappa shape index (κ3) is 3.59. The zero-order valence-electron chi connectivity index (χ0n) is 13.9. The fourth-order valence-electron chi connectivity index (χ4n) is 2.74. The number of aromatic nitrogens is 1. The molecule has 4 nitrogen and oxygen atoms in total. The van der Waals surface area contributed by atoms with Gasteiger partial charge >= 0.3 is 0 Å². The van der Waals surface area contributed by atoms with Gasteiger partial charge in [0.05, 0.1) is 22.2 Å². The van der Waals surface area contributed by atoms with E-state index in [1.54, 1.807) is 23.7 Å². The molecule has 0 spiro atoms. The molecule has 6 heteroatoms. The zero-order chi connectivity index (χ0) is 17.9. The van der Waals surface area contributed by atoms with E-state index in [0.29, 0.717) is 21.3 Å². The lowest BCUT2D eigenvalue weighted by Gasteiger charge is -2.26. The summed E-state index contributed by atoms with van der Waals surface area (Å²) in [5.74, 6) is 0.450. The van der Waals surface area contributed by atoms with E-state index < -0.39 is 0 Å². The van der Waals surface area contributed by atoms with Crippen molar-refractivity contribution >= 4 is 33.8 Å². The average Bonchev–Trinajstić information content (AvgIpc) is 3.07. The first-order valence-electron chi connectivity index (χ1n) is 8.47. The van der Waals surface area contributed by atoms with E-state index in [2.05, 4.69) is 10.3 Å². The molecule has 132 valence electrons. The number of nitrogens with zero attached hydrogens (tertiary/aromatic N) is 1. The highest BCUT2D eigenvalue weighted by Gasteiger charge is 2.20. The predicted molar refractivity (Wildman–Crippen MR) is 105 cm³/mol. The van der Waals surface area contributed by atoms with Gasteiger partial charge in [-0.05, 0) is 37.5 Å². The normalized spacial score (nSPS) is 13.9. The van der Waals surface area contributed by atoms with E-state index in [1.165, 1.54) is 17.8 Å². The van der Waals surface area contributed by atoms with Gasteiger partial charge in [-0.15, -0.1) is 11.3 Å². The molecule has 1 amide bonds. The third-order valence-corrected chi connectivity index (χ3v) is 5.44. The molecule has 0 saturated heterocycles. The molecule has 1 aliphatic rings. The Morgan fingerprint density at radius 3 is 2.69 bits per heavy atom. The van der Waals surface area contributed by atoms with E-state index in [1.807, 2.05) is 30.3 Å². The molecule has 1 saturated carbocycles. The first kappa shape index (κ1) is 17.1. The summed E-state index contributed by atoms with van der Waals surface area (Å²) in [5, 5.41) is 4.00. The van der Waals surface area contributed by atoms with Crippen LogP contribution < -0.4 is 10.1 Å². The highest BCUT2D eigenvalue weighted by atomic mass is 35.5. The van der Waals surface area contributed by atoms with Crippen molar-refractivity contribution < 1.29 is 9.53 Å². The average molecular weight is 385 g/mol. The number of carbonyl (C=O) groups is 1. The number of amides is 1. The largest absolute Gasteiger partial charge is 0.490 e. The predicted octanol–water partition coefficient (Wildman–Crippen LogP) is 5.65. The van der Waals surface area contributed by atoms with Crippen LogP contribution in [0.2, 0.25) is 5.02 Å². The zero-order valence-corrected chi connectivity index (χ0v) is 15.5. The number of hydrogen-bond acceptors (Lipinski definition) is 4. The number of ether oxygens (including phenoxy) is 1. The number of hydrogen-bond donors (Lipinski definition) is 1. The molecule has 3 aromatic rings. The molecular weight excluding hydrogens is 368 g/mol. The Bertz CT molecular complexity index is 923. The van der Waals surface area contributed by atoms with Gasteiger partial charge in [0.15, 0.2) is 0 Å². The molecule has 4 rings (SSSR count). The molecule has 0 radical (unpaired) electrons. The van der Waals surface area contributed by atoms with Crippen LogP contribution in [0.3, 0.4) is 0 Å². The number of benzene rings is 2. The molecule has 0 unspecified atom stereocenters. The summed E-state index contributed by atoms with van der Waals surface area (Å²) in [4.78, 5) is 17.0. The summed E-state index contributed by atoms with van der Waals surface area (Å²) in [6.07, 6.45) is 3.63. The Morgan fingerprint density at radius 2 is 2.00 bits per heavy atom. The Labute approximate surface area is 160 Å². The van der Waals surface area contributed by atoms with Gasteiger partial charge in [-0.2, -0.15) is 0 Å². The van der Waals surface area contributed by atoms with Crippen LogP contribution in [0.25, 0.3) is 11.3 Å². The first-order chi connectivity index (χ1) is 12.7. The Balaban J connectivity index is 1.51. The molecule has 2 aromatic carbocycles. The number of anilines is 1. The summed E-state index contributed by atoms with van der Waals surface area (Å²) in [7, 11) is 0. The number of nitrogens with one attached hydrogen (secondary N) is 1. The van der Waals surface area contributed by atoms with Crippen molar-refractivity contribution in [1.82, 2.24) is 4.98 Å². The minimum Gasteiger partial charge on any atom is -0.490 e. The monoisotopic (exact) mass is 384 g/mol. The highest BCUT2D eigenvalue weighted by Crippen LogP contribution is 2.32. The summed E-state index contributed by atoms with van der Waals surface area (Å²) < 4.78 is 5.82. The van der Waals surface area contributed by atoms with Crippen LogP contribution in [0.15, 0.2) is 54.0 Å². The lowest BCUT2D eigenvalue weighted by Crippen LogP contribution is -2.24. The quantitative estimate of drug-likeness (QED) is 0.618. The maximum atomic E-state index is 12.7. The van der Waals surface area contributed by atoms with E-state index in [0.717, 1.165) is 24.1 Å². The number of halogens is 1. The Morgan fingerprint density at radius 1 is 1.19 bits per heavy atom.